The largest absolute Gasteiger partial charge is 0.497 e. The molecule has 2 fully saturated rings. The van der Waals surface area contributed by atoms with Crippen LogP contribution in [0.5, 0.6) is 5.75 Å². The summed E-state index contributed by atoms with van der Waals surface area (Å²) < 4.78 is 68.7. The van der Waals surface area contributed by atoms with Crippen molar-refractivity contribution in [2.24, 2.45) is 0 Å². The zero-order valence-corrected chi connectivity index (χ0v) is 22.6. The molecule has 1 aromatic carbocycles. The third-order valence-electron chi connectivity index (χ3n) is 6.83. The van der Waals surface area contributed by atoms with Crippen LogP contribution in [0, 0.1) is 0 Å². The number of hydrogen-bond donors (Lipinski definition) is 2. The predicted octanol–water partition coefficient (Wildman–Crippen LogP) is 4.90. The van der Waals surface area contributed by atoms with E-state index in [0.717, 1.165) is 51.1 Å². The van der Waals surface area contributed by atoms with E-state index in [1.165, 1.54) is 11.1 Å². The van der Waals surface area contributed by atoms with Gasteiger partial charge in [0.15, 0.2) is 0 Å². The van der Waals surface area contributed by atoms with E-state index in [2.05, 4.69) is 26.9 Å². The Morgan fingerprint density at radius 2 is 1.38 bits per heavy atom. The molecular weight excluding hydrogens is 576 g/mol. The Hall–Kier alpha value is -3.88. The Labute approximate surface area is 237 Å². The number of rotatable bonds is 5. The van der Waals surface area contributed by atoms with Crippen molar-refractivity contribution in [1.82, 2.24) is 14.8 Å². The van der Waals surface area contributed by atoms with E-state index in [-0.39, 0.29) is 5.54 Å². The first-order valence-corrected chi connectivity index (χ1v) is 12.7. The lowest BCUT2D eigenvalue weighted by Gasteiger charge is -2.38. The van der Waals surface area contributed by atoms with E-state index in [1.807, 2.05) is 36.7 Å². The molecule has 1 unspecified atom stereocenters. The van der Waals surface area contributed by atoms with Gasteiger partial charge in [0.1, 0.15) is 5.75 Å². The molecule has 1 atom stereocenters. The highest BCUT2D eigenvalue weighted by molar-refractivity contribution is 5.79. The van der Waals surface area contributed by atoms with Crippen molar-refractivity contribution >= 4 is 17.8 Å². The van der Waals surface area contributed by atoms with Gasteiger partial charge in [-0.05, 0) is 67.6 Å². The molecule has 42 heavy (non-hydrogen) atoms. The minimum absolute atomic E-state index is 0.0228. The molecule has 232 valence electrons. The van der Waals surface area contributed by atoms with Gasteiger partial charge in [0.2, 0.25) is 5.91 Å². The highest BCUT2D eigenvalue weighted by atomic mass is 19.4. The molecule has 2 aromatic rings. The number of halogens is 6. The highest BCUT2D eigenvalue weighted by Gasteiger charge is 2.45. The number of methoxy groups -OCH3 is 1. The fraction of sp³-hybridized carbons (Fsp3) is 0.481. The van der Waals surface area contributed by atoms with E-state index < -0.39 is 24.3 Å². The number of aliphatic carboxylic acids is 2. The number of carboxylic acids is 2. The Balaban J connectivity index is 0.000000367. The van der Waals surface area contributed by atoms with Crippen LogP contribution in [0.15, 0.2) is 48.8 Å². The third kappa shape index (κ3) is 10.5. The van der Waals surface area contributed by atoms with Crippen LogP contribution in [0.2, 0.25) is 0 Å². The molecule has 3 heterocycles. The van der Waals surface area contributed by atoms with Crippen molar-refractivity contribution in [2.75, 3.05) is 20.2 Å². The van der Waals surface area contributed by atoms with Crippen LogP contribution in [-0.4, -0.2) is 80.9 Å². The number of alkyl halides is 6. The second-order valence-corrected chi connectivity index (χ2v) is 9.64. The van der Waals surface area contributed by atoms with Crippen LogP contribution in [0.25, 0.3) is 0 Å². The summed E-state index contributed by atoms with van der Waals surface area (Å²) in [5.74, 6) is -4.31. The normalized spacial score (nSPS) is 19.2. The fourth-order valence-corrected chi connectivity index (χ4v) is 4.70. The van der Waals surface area contributed by atoms with E-state index in [9.17, 15) is 31.1 Å². The maximum atomic E-state index is 12.7. The number of carbonyl (C=O) groups is 3. The molecule has 9 nitrogen and oxygen atoms in total. The summed E-state index contributed by atoms with van der Waals surface area (Å²) in [5, 5.41) is 14.2. The van der Waals surface area contributed by atoms with Crippen molar-refractivity contribution in [3.05, 3.63) is 59.9 Å². The SMILES string of the molecule is COc1ccc(CN2CCCC3(CCC(=O)N3Cc3ccncc3)CC2)cc1.O=C(O)C(F)(F)F.O=C(O)C(F)(F)F. The minimum Gasteiger partial charge on any atom is -0.497 e. The van der Waals surface area contributed by atoms with Crippen molar-refractivity contribution in [2.45, 2.75) is 63.1 Å². The van der Waals surface area contributed by atoms with Gasteiger partial charge in [0.05, 0.1) is 7.11 Å². The first-order chi connectivity index (χ1) is 19.6. The summed E-state index contributed by atoms with van der Waals surface area (Å²) in [4.78, 5) is 39.3. The van der Waals surface area contributed by atoms with Crippen LogP contribution in [0.1, 0.15) is 43.2 Å². The van der Waals surface area contributed by atoms with E-state index >= 15 is 0 Å². The van der Waals surface area contributed by atoms with E-state index in [0.29, 0.717) is 18.9 Å². The smallest absolute Gasteiger partial charge is 0.490 e. The van der Waals surface area contributed by atoms with E-state index in [1.54, 1.807) is 7.11 Å². The van der Waals surface area contributed by atoms with Crippen LogP contribution in [0.3, 0.4) is 0 Å². The average molecular weight is 608 g/mol. The van der Waals surface area contributed by atoms with Gasteiger partial charge < -0.3 is 19.8 Å². The monoisotopic (exact) mass is 607 g/mol. The van der Waals surface area contributed by atoms with Gasteiger partial charge in [0, 0.05) is 44.0 Å². The standard InChI is InChI=1S/C23H29N3O2.2C2HF3O2/c1-28-21-5-3-19(4-6-21)17-25-15-2-10-23(12-16-25)11-7-22(27)26(23)18-20-8-13-24-14-9-20;2*3-2(4,5)1(6)7/h3-6,8-9,13-14H,2,7,10-12,15-18H2,1H3;2*(H,6,7). The summed E-state index contributed by atoms with van der Waals surface area (Å²) >= 11 is 0. The Kier molecular flexibility index (Phi) is 12.1. The summed E-state index contributed by atoms with van der Waals surface area (Å²) in [7, 11) is 1.70. The number of aromatic nitrogens is 1. The molecule has 1 spiro atoms. The number of hydrogen-bond acceptors (Lipinski definition) is 6. The second kappa shape index (κ2) is 14.8. The van der Waals surface area contributed by atoms with Crippen LogP contribution < -0.4 is 4.74 Å². The third-order valence-corrected chi connectivity index (χ3v) is 6.83. The Morgan fingerprint density at radius 1 is 0.857 bits per heavy atom. The number of benzene rings is 1. The summed E-state index contributed by atoms with van der Waals surface area (Å²) in [6, 6.07) is 12.4. The van der Waals surface area contributed by atoms with Crippen molar-refractivity contribution in [1.29, 1.82) is 0 Å². The van der Waals surface area contributed by atoms with Gasteiger partial charge in [-0.2, -0.15) is 26.3 Å². The lowest BCUT2D eigenvalue weighted by atomic mass is 9.87. The predicted molar refractivity (Wildman–Crippen MR) is 136 cm³/mol. The molecule has 2 aliphatic rings. The molecule has 0 aliphatic carbocycles. The molecule has 0 bridgehead atoms. The molecule has 0 saturated carbocycles. The average Bonchev–Trinajstić information content (AvgIpc) is 3.08. The summed E-state index contributed by atoms with van der Waals surface area (Å²) in [6.07, 6.45) is -1.57. The highest BCUT2D eigenvalue weighted by Crippen LogP contribution is 2.40. The lowest BCUT2D eigenvalue weighted by molar-refractivity contribution is -0.193. The number of pyridine rings is 1. The molecule has 2 saturated heterocycles. The number of nitrogens with zero attached hydrogens (tertiary/aromatic N) is 3. The molecule has 1 amide bonds. The minimum atomic E-state index is -5.08. The molecule has 4 rings (SSSR count). The molecule has 0 radical (unpaired) electrons. The summed E-state index contributed by atoms with van der Waals surface area (Å²) in [5.41, 5.74) is 2.51. The molecular formula is C27H31F6N3O6. The van der Waals surface area contributed by atoms with Gasteiger partial charge in [-0.15, -0.1) is 0 Å². The van der Waals surface area contributed by atoms with Gasteiger partial charge in [0.25, 0.3) is 0 Å². The number of amides is 1. The van der Waals surface area contributed by atoms with Gasteiger partial charge in [-0.25, -0.2) is 9.59 Å². The Bertz CT molecular complexity index is 1150. The quantitative estimate of drug-likeness (QED) is 0.461. The number of ether oxygens (including phenoxy) is 1. The van der Waals surface area contributed by atoms with Crippen molar-refractivity contribution in [3.8, 4) is 5.75 Å². The molecule has 15 heteroatoms. The topological polar surface area (TPSA) is 120 Å². The van der Waals surface area contributed by atoms with Gasteiger partial charge >= 0.3 is 24.3 Å². The van der Waals surface area contributed by atoms with Crippen molar-refractivity contribution < 1.29 is 55.7 Å². The zero-order chi connectivity index (χ0) is 31.6. The number of carboxylic acid groups (broad SMARTS) is 2. The van der Waals surface area contributed by atoms with Gasteiger partial charge in [-0.3, -0.25) is 14.7 Å². The first-order valence-electron chi connectivity index (χ1n) is 12.7. The van der Waals surface area contributed by atoms with Crippen LogP contribution in [0.4, 0.5) is 26.3 Å². The van der Waals surface area contributed by atoms with Crippen LogP contribution in [-0.2, 0) is 27.5 Å². The second-order valence-electron chi connectivity index (χ2n) is 9.64. The van der Waals surface area contributed by atoms with Crippen molar-refractivity contribution in [3.63, 3.8) is 0 Å². The summed E-state index contributed by atoms with van der Waals surface area (Å²) in [6.45, 7) is 3.79. The molecule has 2 aliphatic heterocycles. The number of carbonyl (C=O) groups excluding carboxylic acids is 1. The van der Waals surface area contributed by atoms with Crippen LogP contribution >= 0.6 is 0 Å². The maximum absolute atomic E-state index is 12.7. The van der Waals surface area contributed by atoms with E-state index in [4.69, 9.17) is 24.5 Å². The number of likely N-dealkylation sites (tertiary alicyclic amines) is 2. The molecule has 1 aromatic heterocycles. The lowest BCUT2D eigenvalue weighted by Crippen LogP contribution is -2.45. The first kappa shape index (κ1) is 34.3. The zero-order valence-electron chi connectivity index (χ0n) is 22.6. The maximum Gasteiger partial charge on any atom is 0.490 e. The molecule has 2 N–H and O–H groups in total. The Morgan fingerprint density at radius 3 is 1.88 bits per heavy atom. The fourth-order valence-electron chi connectivity index (χ4n) is 4.70. The van der Waals surface area contributed by atoms with Gasteiger partial charge in [-0.1, -0.05) is 12.1 Å².